The summed E-state index contributed by atoms with van der Waals surface area (Å²) in [6, 6.07) is 4.45. The van der Waals surface area contributed by atoms with Gasteiger partial charge in [0.15, 0.2) is 0 Å². The summed E-state index contributed by atoms with van der Waals surface area (Å²) in [5.41, 5.74) is 0.0544. The minimum Gasteiger partial charge on any atom is -0.406 e. The number of aromatic nitrogens is 2. The largest absolute Gasteiger partial charge is 0.573 e. The highest BCUT2D eigenvalue weighted by Gasteiger charge is 2.31. The zero-order valence-electron chi connectivity index (χ0n) is 11.8. The number of nitrogens with zero attached hydrogens (tertiary/aromatic N) is 2. The number of halogens is 4. The second-order valence-electron chi connectivity index (χ2n) is 4.51. The van der Waals surface area contributed by atoms with E-state index < -0.39 is 22.1 Å². The lowest BCUT2D eigenvalue weighted by Gasteiger charge is -2.11. The molecule has 0 fully saturated rings. The van der Waals surface area contributed by atoms with Crippen molar-refractivity contribution in [1.82, 2.24) is 9.78 Å². The van der Waals surface area contributed by atoms with Crippen LogP contribution in [0.1, 0.15) is 5.69 Å². The Kier molecular flexibility index (Phi) is 4.49. The highest BCUT2D eigenvalue weighted by Crippen LogP contribution is 2.29. The van der Waals surface area contributed by atoms with Gasteiger partial charge in [0.2, 0.25) is 0 Å². The lowest BCUT2D eigenvalue weighted by atomic mass is 10.3. The molecule has 23 heavy (non-hydrogen) atoms. The molecular formula is C12H11ClF3N3O3S. The lowest BCUT2D eigenvalue weighted by molar-refractivity contribution is -0.274. The van der Waals surface area contributed by atoms with Gasteiger partial charge >= 0.3 is 6.36 Å². The molecule has 11 heteroatoms. The van der Waals surface area contributed by atoms with Crippen LogP contribution < -0.4 is 9.46 Å². The van der Waals surface area contributed by atoms with Gasteiger partial charge in [-0.3, -0.25) is 9.40 Å². The summed E-state index contributed by atoms with van der Waals surface area (Å²) in [6.45, 7) is 1.45. The molecule has 2 aromatic rings. The van der Waals surface area contributed by atoms with Crippen molar-refractivity contribution >= 4 is 27.3 Å². The minimum absolute atomic E-state index is 0.105. The van der Waals surface area contributed by atoms with Gasteiger partial charge in [-0.15, -0.1) is 13.2 Å². The number of rotatable bonds is 4. The Labute approximate surface area is 134 Å². The fourth-order valence-electron chi connectivity index (χ4n) is 1.88. The Bertz CT molecular complexity index is 834. The number of hydrogen-bond acceptors (Lipinski definition) is 4. The zero-order valence-corrected chi connectivity index (χ0v) is 13.4. The number of aryl methyl sites for hydroxylation is 2. The molecule has 0 aliphatic heterocycles. The van der Waals surface area contributed by atoms with Crippen LogP contribution in [0.25, 0.3) is 0 Å². The fraction of sp³-hybridized carbons (Fsp3) is 0.250. The summed E-state index contributed by atoms with van der Waals surface area (Å²) in [6.07, 6.45) is -4.87. The van der Waals surface area contributed by atoms with Crippen LogP contribution in [-0.2, 0) is 17.1 Å². The summed E-state index contributed by atoms with van der Waals surface area (Å²) in [7, 11) is -2.65. The van der Waals surface area contributed by atoms with Gasteiger partial charge in [-0.2, -0.15) is 5.10 Å². The van der Waals surface area contributed by atoms with Crippen molar-refractivity contribution in [2.24, 2.45) is 7.05 Å². The molecule has 0 amide bonds. The number of sulfonamides is 1. The first-order valence-corrected chi connectivity index (χ1v) is 7.93. The van der Waals surface area contributed by atoms with Gasteiger partial charge in [-0.25, -0.2) is 8.42 Å². The second kappa shape index (κ2) is 5.93. The van der Waals surface area contributed by atoms with Crippen LogP contribution in [0.3, 0.4) is 0 Å². The number of hydrogen-bond donors (Lipinski definition) is 1. The monoisotopic (exact) mass is 369 g/mol. The summed E-state index contributed by atoms with van der Waals surface area (Å²) >= 11 is 5.89. The van der Waals surface area contributed by atoms with Gasteiger partial charge < -0.3 is 4.74 Å². The maximum absolute atomic E-state index is 12.3. The molecule has 0 bridgehead atoms. The van der Waals surface area contributed by atoms with Crippen molar-refractivity contribution in [3.05, 3.63) is 35.1 Å². The van der Waals surface area contributed by atoms with E-state index >= 15 is 0 Å². The van der Waals surface area contributed by atoms with E-state index in [9.17, 15) is 21.6 Å². The normalized spacial score (nSPS) is 12.3. The van der Waals surface area contributed by atoms with E-state index in [0.717, 1.165) is 12.1 Å². The first kappa shape index (κ1) is 17.4. The third-order valence-electron chi connectivity index (χ3n) is 2.69. The predicted octanol–water partition coefficient (Wildman–Crippen LogP) is 3.08. The van der Waals surface area contributed by atoms with E-state index in [1.54, 1.807) is 0 Å². The third-order valence-corrected chi connectivity index (χ3v) is 4.76. The Balaban J connectivity index is 2.33. The molecule has 1 aromatic carbocycles. The van der Waals surface area contributed by atoms with E-state index in [1.807, 2.05) is 0 Å². The average molecular weight is 370 g/mol. The molecule has 1 N–H and O–H groups in total. The van der Waals surface area contributed by atoms with Gasteiger partial charge in [-0.05, 0) is 19.1 Å². The summed E-state index contributed by atoms with van der Waals surface area (Å²) < 4.78 is 68.3. The van der Waals surface area contributed by atoms with Crippen molar-refractivity contribution < 1.29 is 26.3 Å². The first-order valence-electron chi connectivity index (χ1n) is 6.07. The van der Waals surface area contributed by atoms with Crippen LogP contribution >= 0.6 is 11.6 Å². The number of ether oxygens (including phenoxy) is 1. The number of alkyl halides is 3. The van der Waals surface area contributed by atoms with Crippen LogP contribution in [0.4, 0.5) is 18.9 Å². The molecule has 0 aliphatic rings. The first-order chi connectivity index (χ1) is 10.5. The average Bonchev–Trinajstić information content (AvgIpc) is 2.61. The standard InChI is InChI=1S/C12H11ClF3N3O3S/c1-7-10(11(13)19(2)17-7)23(20,21)18-8-4-3-5-9(6-8)22-12(14,15)16/h3-6,18H,1-2H3. The van der Waals surface area contributed by atoms with Crippen LogP contribution in [0.2, 0.25) is 5.15 Å². The van der Waals surface area contributed by atoms with Gasteiger partial charge in [0.1, 0.15) is 15.8 Å². The summed E-state index contributed by atoms with van der Waals surface area (Å²) in [4.78, 5) is -0.246. The minimum atomic E-state index is -4.87. The Hall–Kier alpha value is -1.94. The van der Waals surface area contributed by atoms with Gasteiger partial charge in [0.05, 0.1) is 11.4 Å². The van der Waals surface area contributed by atoms with E-state index in [0.29, 0.717) is 0 Å². The van der Waals surface area contributed by atoms with Crippen LogP contribution in [0, 0.1) is 6.92 Å². The van der Waals surface area contributed by atoms with Crippen molar-refractivity contribution in [3.8, 4) is 5.75 Å². The van der Waals surface area contributed by atoms with E-state index in [1.165, 1.54) is 30.8 Å². The SMILES string of the molecule is Cc1nn(C)c(Cl)c1S(=O)(=O)Nc1cccc(OC(F)(F)F)c1. The molecule has 126 valence electrons. The molecule has 1 aromatic heterocycles. The molecule has 0 unspecified atom stereocenters. The van der Waals surface area contributed by atoms with Crippen molar-refractivity contribution in [1.29, 1.82) is 0 Å². The van der Waals surface area contributed by atoms with Gasteiger partial charge in [0, 0.05) is 13.1 Å². The lowest BCUT2D eigenvalue weighted by Crippen LogP contribution is -2.17. The molecule has 0 radical (unpaired) electrons. The number of anilines is 1. The highest BCUT2D eigenvalue weighted by atomic mass is 35.5. The summed E-state index contributed by atoms with van der Waals surface area (Å²) in [5.74, 6) is -0.549. The third kappa shape index (κ3) is 4.08. The van der Waals surface area contributed by atoms with Crippen molar-refractivity contribution in [2.45, 2.75) is 18.2 Å². The topological polar surface area (TPSA) is 73.2 Å². The molecule has 6 nitrogen and oxygen atoms in total. The van der Waals surface area contributed by atoms with Gasteiger partial charge in [-0.1, -0.05) is 17.7 Å². The van der Waals surface area contributed by atoms with E-state index in [2.05, 4.69) is 14.6 Å². The maximum atomic E-state index is 12.3. The Morgan fingerprint density at radius 3 is 2.52 bits per heavy atom. The molecule has 0 aliphatic carbocycles. The highest BCUT2D eigenvalue weighted by molar-refractivity contribution is 7.92. The molecular weight excluding hydrogens is 359 g/mol. The molecule has 1 heterocycles. The summed E-state index contributed by atoms with van der Waals surface area (Å²) in [5, 5.41) is 3.76. The van der Waals surface area contributed by atoms with Gasteiger partial charge in [0.25, 0.3) is 10.0 Å². The number of benzene rings is 1. The van der Waals surface area contributed by atoms with E-state index in [4.69, 9.17) is 11.6 Å². The molecule has 0 saturated carbocycles. The van der Waals surface area contributed by atoms with Crippen LogP contribution in [-0.4, -0.2) is 24.6 Å². The molecule has 0 saturated heterocycles. The Morgan fingerprint density at radius 1 is 1.35 bits per heavy atom. The molecule has 2 rings (SSSR count). The second-order valence-corrected chi connectivity index (χ2v) is 6.49. The van der Waals surface area contributed by atoms with Crippen LogP contribution in [0.5, 0.6) is 5.75 Å². The maximum Gasteiger partial charge on any atom is 0.573 e. The fourth-order valence-corrected chi connectivity index (χ4v) is 3.68. The van der Waals surface area contributed by atoms with Crippen LogP contribution in [0.15, 0.2) is 29.2 Å². The molecule has 0 spiro atoms. The smallest absolute Gasteiger partial charge is 0.406 e. The van der Waals surface area contributed by atoms with Crippen molar-refractivity contribution in [3.63, 3.8) is 0 Å². The van der Waals surface area contributed by atoms with E-state index in [-0.39, 0.29) is 21.4 Å². The number of nitrogens with one attached hydrogen (secondary N) is 1. The predicted molar refractivity (Wildman–Crippen MR) is 76.9 cm³/mol. The Morgan fingerprint density at radius 2 is 2.00 bits per heavy atom. The molecule has 0 atom stereocenters. The quantitative estimate of drug-likeness (QED) is 0.898. The zero-order chi connectivity index (χ0) is 17.4. The van der Waals surface area contributed by atoms with Crippen molar-refractivity contribution in [2.75, 3.05) is 4.72 Å².